The van der Waals surface area contributed by atoms with Gasteiger partial charge in [0.1, 0.15) is 11.2 Å². The number of carbonyl (C=O) groups excluding carboxylic acids is 5. The number of rotatable bonds is 8. The van der Waals surface area contributed by atoms with Crippen molar-refractivity contribution in [3.63, 3.8) is 0 Å². The Bertz CT molecular complexity index is 2540. The summed E-state index contributed by atoms with van der Waals surface area (Å²) in [5.74, 6) is -1.89. The summed E-state index contributed by atoms with van der Waals surface area (Å²) in [4.78, 5) is 88.2. The van der Waals surface area contributed by atoms with Crippen molar-refractivity contribution in [2.24, 2.45) is 9.98 Å². The Morgan fingerprint density at radius 2 is 0.940 bits per heavy atom. The monoisotopic (exact) mass is 916 g/mol. The van der Waals surface area contributed by atoms with Gasteiger partial charge >= 0.3 is 24.1 Å². The Balaban J connectivity index is 0.000000251. The van der Waals surface area contributed by atoms with Crippen molar-refractivity contribution in [2.75, 3.05) is 7.11 Å². The first-order valence-corrected chi connectivity index (χ1v) is 21.7. The van der Waals surface area contributed by atoms with E-state index in [4.69, 9.17) is 14.2 Å². The molecule has 0 aliphatic carbocycles. The molecule has 16 nitrogen and oxygen atoms in total. The zero-order valence-electron chi connectivity index (χ0n) is 39.9. The third-order valence-electron chi connectivity index (χ3n) is 10.0. The number of benzene rings is 4. The van der Waals surface area contributed by atoms with Crippen molar-refractivity contribution >= 4 is 47.9 Å². The Labute approximate surface area is 391 Å². The first-order valence-electron chi connectivity index (χ1n) is 21.7. The molecule has 2 atom stereocenters. The van der Waals surface area contributed by atoms with Crippen LogP contribution in [-0.2, 0) is 23.8 Å². The molecule has 4 aromatic rings. The molecule has 16 heteroatoms. The van der Waals surface area contributed by atoms with Gasteiger partial charge in [0.2, 0.25) is 23.7 Å². The molecule has 354 valence electrons. The maximum Gasteiger partial charge on any atom is 0.414 e. The summed E-state index contributed by atoms with van der Waals surface area (Å²) < 4.78 is 15.7. The number of ether oxygens (including phenoxy) is 3. The molecule has 0 aromatic heterocycles. The first-order chi connectivity index (χ1) is 31.3. The van der Waals surface area contributed by atoms with E-state index in [1.165, 1.54) is 29.0 Å². The zero-order valence-corrected chi connectivity index (χ0v) is 39.9. The van der Waals surface area contributed by atoms with E-state index in [0.29, 0.717) is 16.7 Å². The minimum absolute atomic E-state index is 0.0556. The number of aromatic carboxylic acids is 1. The van der Waals surface area contributed by atoms with Crippen LogP contribution in [-0.4, -0.2) is 92.2 Å². The molecular weight excluding hydrogens is 857 g/mol. The Morgan fingerprint density at radius 1 is 0.582 bits per heavy atom. The van der Waals surface area contributed by atoms with Crippen molar-refractivity contribution < 1.29 is 48.1 Å². The average Bonchev–Trinajstić information content (AvgIpc) is 3.22. The smallest absolute Gasteiger partial charge is 0.414 e. The standard InChI is InChI=1S/C26H31N3O5.C25H29N3O5/c1-25(2,3)34-24(32)27-23-28-26(4,5)16-20(30)29(23)21(17-11-8-7-9-12-17)18-13-10-14-19(15-18)22(31)33-6;1-24(2,3)33-23(32)26-22-27-25(4,5)15-19(29)28(22)20(16-10-7-6-8-11-16)17-12-9-13-18(14-17)21(30)31/h7-15,21H,16H2,1-6H3,(H,27,28,32);6-14,20H,15H2,1-5H3,(H,30,31)(H,26,27,32). The summed E-state index contributed by atoms with van der Waals surface area (Å²) >= 11 is 0. The predicted octanol–water partition coefficient (Wildman–Crippen LogP) is 8.82. The molecule has 2 aliphatic heterocycles. The summed E-state index contributed by atoms with van der Waals surface area (Å²) in [5.41, 5.74) is 0.308. The second-order valence-electron chi connectivity index (χ2n) is 19.3. The average molecular weight is 917 g/mol. The van der Waals surface area contributed by atoms with Crippen LogP contribution in [0.1, 0.15) is 137 Å². The van der Waals surface area contributed by atoms with Crippen LogP contribution in [0.4, 0.5) is 9.59 Å². The van der Waals surface area contributed by atoms with E-state index in [0.717, 1.165) is 11.1 Å². The van der Waals surface area contributed by atoms with Crippen LogP contribution in [0.3, 0.4) is 0 Å². The molecule has 0 bridgehead atoms. The van der Waals surface area contributed by atoms with Crippen molar-refractivity contribution in [3.05, 3.63) is 143 Å². The lowest BCUT2D eigenvalue weighted by atomic mass is 9.92. The van der Waals surface area contributed by atoms with Gasteiger partial charge in [-0.05, 0) is 116 Å². The maximum atomic E-state index is 13.5. The highest BCUT2D eigenvalue weighted by atomic mass is 16.6. The van der Waals surface area contributed by atoms with E-state index in [9.17, 15) is 33.9 Å². The van der Waals surface area contributed by atoms with Gasteiger partial charge in [-0.1, -0.05) is 84.9 Å². The van der Waals surface area contributed by atoms with Crippen LogP contribution in [0.5, 0.6) is 0 Å². The number of guanidine groups is 2. The van der Waals surface area contributed by atoms with Crippen molar-refractivity contribution in [1.82, 2.24) is 20.4 Å². The maximum absolute atomic E-state index is 13.5. The number of alkyl carbamates (subject to hydrolysis) is 2. The number of esters is 1. The van der Waals surface area contributed by atoms with Crippen LogP contribution in [0.15, 0.2) is 119 Å². The lowest BCUT2D eigenvalue weighted by Crippen LogP contribution is -2.55. The van der Waals surface area contributed by atoms with E-state index in [1.54, 1.807) is 71.9 Å². The second-order valence-corrected chi connectivity index (χ2v) is 19.3. The lowest BCUT2D eigenvalue weighted by Gasteiger charge is -2.39. The van der Waals surface area contributed by atoms with E-state index in [2.05, 4.69) is 20.6 Å². The van der Waals surface area contributed by atoms with Crippen LogP contribution < -0.4 is 10.6 Å². The highest BCUT2D eigenvalue weighted by Gasteiger charge is 2.42. The quantitative estimate of drug-likeness (QED) is 0.113. The third-order valence-corrected chi connectivity index (χ3v) is 10.0. The molecule has 0 fully saturated rings. The van der Waals surface area contributed by atoms with E-state index >= 15 is 0 Å². The number of carboxylic acids is 1. The summed E-state index contributed by atoms with van der Waals surface area (Å²) in [6.45, 7) is 17.8. The summed E-state index contributed by atoms with van der Waals surface area (Å²) in [6, 6.07) is 30.5. The first kappa shape index (κ1) is 50.6. The van der Waals surface area contributed by atoms with Crippen LogP contribution in [0.25, 0.3) is 0 Å². The van der Waals surface area contributed by atoms with Crippen LogP contribution in [0.2, 0.25) is 0 Å². The summed E-state index contributed by atoms with van der Waals surface area (Å²) in [5, 5.41) is 14.8. The lowest BCUT2D eigenvalue weighted by molar-refractivity contribution is -0.131. The molecule has 4 amide bonds. The normalized spacial score (nSPS) is 16.5. The fourth-order valence-corrected chi connectivity index (χ4v) is 7.45. The van der Waals surface area contributed by atoms with Crippen molar-refractivity contribution in [1.29, 1.82) is 0 Å². The van der Waals surface area contributed by atoms with E-state index in [-0.39, 0.29) is 42.1 Å². The van der Waals surface area contributed by atoms with Gasteiger partial charge in [0.25, 0.3) is 0 Å². The molecule has 2 heterocycles. The Morgan fingerprint density at radius 3 is 1.30 bits per heavy atom. The summed E-state index contributed by atoms with van der Waals surface area (Å²) in [7, 11) is 1.31. The number of aliphatic imine (C=N–C) groups is 2. The number of nitrogens with one attached hydrogen (secondary N) is 2. The molecule has 2 aliphatic rings. The zero-order chi connectivity index (χ0) is 49.5. The number of methoxy groups -OCH3 is 1. The van der Waals surface area contributed by atoms with Gasteiger partial charge in [0.15, 0.2) is 0 Å². The molecule has 3 N–H and O–H groups in total. The molecule has 6 rings (SSSR count). The Kier molecular flexibility index (Phi) is 15.4. The highest BCUT2D eigenvalue weighted by molar-refractivity contribution is 6.07. The van der Waals surface area contributed by atoms with Gasteiger partial charge in [-0.25, -0.2) is 29.2 Å². The molecule has 0 radical (unpaired) electrons. The molecule has 67 heavy (non-hydrogen) atoms. The molecule has 2 unspecified atom stereocenters. The molecule has 0 saturated carbocycles. The summed E-state index contributed by atoms with van der Waals surface area (Å²) in [6.07, 6.45) is -1.18. The molecule has 4 aromatic carbocycles. The minimum atomic E-state index is -1.07. The molecule has 0 saturated heterocycles. The topological polar surface area (TPSA) is 206 Å². The fourth-order valence-electron chi connectivity index (χ4n) is 7.45. The van der Waals surface area contributed by atoms with Gasteiger partial charge < -0.3 is 19.3 Å². The van der Waals surface area contributed by atoms with Crippen LogP contribution >= 0.6 is 0 Å². The van der Waals surface area contributed by atoms with Gasteiger partial charge in [-0.3, -0.25) is 30.0 Å². The number of carboxylic acid groups (broad SMARTS) is 1. The fraction of sp³-hybridized carbons (Fsp3) is 0.373. The highest BCUT2D eigenvalue weighted by Crippen LogP contribution is 2.36. The van der Waals surface area contributed by atoms with Gasteiger partial charge in [0, 0.05) is 0 Å². The molecule has 0 spiro atoms. The number of amides is 4. The van der Waals surface area contributed by atoms with E-state index in [1.807, 2.05) is 94.4 Å². The van der Waals surface area contributed by atoms with Gasteiger partial charge in [-0.15, -0.1) is 0 Å². The molecular formula is C51H60N6O10. The largest absolute Gasteiger partial charge is 0.478 e. The second kappa shape index (κ2) is 20.4. The number of hydrogen-bond acceptors (Lipinski definition) is 11. The van der Waals surface area contributed by atoms with E-state index < -0.39 is 58.5 Å². The number of nitrogens with zero attached hydrogens (tertiary/aromatic N) is 4. The Hall–Kier alpha value is -7.36. The van der Waals surface area contributed by atoms with Gasteiger partial charge in [-0.2, -0.15) is 0 Å². The van der Waals surface area contributed by atoms with Gasteiger partial charge in [0.05, 0.1) is 54.2 Å². The van der Waals surface area contributed by atoms with Crippen molar-refractivity contribution in [3.8, 4) is 0 Å². The number of carbonyl (C=O) groups is 6. The van der Waals surface area contributed by atoms with Crippen LogP contribution in [0, 0.1) is 0 Å². The number of hydrogen-bond donors (Lipinski definition) is 3. The minimum Gasteiger partial charge on any atom is -0.478 e. The SMILES string of the molecule is CC1(C)CC(=O)N(C(c2ccccc2)c2cccc(C(=O)O)c2)C(NC(=O)OC(C)(C)C)=N1.COC(=O)c1cccc(C(c2ccccc2)N2C(=O)CC(C)(C)N=C2NC(=O)OC(C)(C)C)c1. The van der Waals surface area contributed by atoms with Crippen molar-refractivity contribution in [2.45, 2.75) is 116 Å². The third kappa shape index (κ3) is 13.8. The predicted molar refractivity (Wildman–Crippen MR) is 252 cm³/mol.